The zero-order chi connectivity index (χ0) is 17.9. The molecule has 1 amide bonds. The number of rotatable bonds is 5. The lowest BCUT2D eigenvalue weighted by molar-refractivity contribution is -0.133. The van der Waals surface area contributed by atoms with E-state index in [0.29, 0.717) is 31.8 Å². The highest BCUT2D eigenvalue weighted by Gasteiger charge is 2.26. The highest BCUT2D eigenvalue weighted by molar-refractivity contribution is 7.88. The minimum absolute atomic E-state index is 0.0477. The molecule has 9 heteroatoms. The van der Waals surface area contributed by atoms with E-state index in [9.17, 15) is 13.2 Å². The van der Waals surface area contributed by atoms with Gasteiger partial charge in [0.15, 0.2) is 0 Å². The van der Waals surface area contributed by atoms with Crippen LogP contribution in [-0.2, 0) is 21.4 Å². The van der Waals surface area contributed by atoms with Crippen LogP contribution in [0.15, 0.2) is 12.3 Å². The van der Waals surface area contributed by atoms with Crippen LogP contribution < -0.4 is 10.0 Å². The molecule has 2 fully saturated rings. The molecule has 0 bridgehead atoms. The average Bonchev–Trinajstić information content (AvgIpc) is 3.03. The van der Waals surface area contributed by atoms with Gasteiger partial charge < -0.3 is 10.2 Å². The van der Waals surface area contributed by atoms with E-state index in [2.05, 4.69) is 15.1 Å². The Morgan fingerprint density at radius 3 is 2.76 bits per heavy atom. The number of nitrogens with one attached hydrogen (secondary N) is 2. The zero-order valence-electron chi connectivity index (χ0n) is 14.6. The third kappa shape index (κ3) is 5.02. The third-order valence-corrected chi connectivity index (χ3v) is 5.74. The molecule has 2 aliphatic heterocycles. The van der Waals surface area contributed by atoms with Gasteiger partial charge in [-0.05, 0) is 38.3 Å². The number of hydrogen-bond acceptors (Lipinski definition) is 5. The summed E-state index contributed by atoms with van der Waals surface area (Å²) >= 11 is 0. The van der Waals surface area contributed by atoms with Gasteiger partial charge in [-0.2, -0.15) is 5.10 Å². The van der Waals surface area contributed by atoms with E-state index in [-0.39, 0.29) is 18.5 Å². The van der Waals surface area contributed by atoms with Crippen molar-refractivity contribution in [1.82, 2.24) is 24.7 Å². The smallest absolute Gasteiger partial charge is 0.244 e. The van der Waals surface area contributed by atoms with Crippen LogP contribution in [0.2, 0.25) is 0 Å². The van der Waals surface area contributed by atoms with Gasteiger partial charge in [0.05, 0.1) is 6.26 Å². The van der Waals surface area contributed by atoms with Crippen LogP contribution >= 0.6 is 0 Å². The molecule has 25 heavy (non-hydrogen) atoms. The quantitative estimate of drug-likeness (QED) is 0.755. The summed E-state index contributed by atoms with van der Waals surface area (Å²) in [5, 5.41) is 7.74. The molecule has 8 nitrogen and oxygen atoms in total. The number of carbonyl (C=O) groups is 1. The fourth-order valence-electron chi connectivity index (χ4n) is 3.70. The zero-order valence-corrected chi connectivity index (χ0v) is 15.5. The molecule has 0 spiro atoms. The van der Waals surface area contributed by atoms with E-state index in [1.54, 1.807) is 6.20 Å². The Labute approximate surface area is 149 Å². The third-order valence-electron chi connectivity index (χ3n) is 4.98. The first kappa shape index (κ1) is 18.3. The van der Waals surface area contributed by atoms with Gasteiger partial charge in [0, 0.05) is 43.5 Å². The van der Waals surface area contributed by atoms with Gasteiger partial charge in [-0.15, -0.1) is 0 Å². The largest absolute Gasteiger partial charge is 0.341 e. The molecule has 1 aromatic heterocycles. The summed E-state index contributed by atoms with van der Waals surface area (Å²) in [6, 6.07) is 1.93. The molecule has 0 radical (unpaired) electrons. The van der Waals surface area contributed by atoms with Gasteiger partial charge >= 0.3 is 0 Å². The second-order valence-corrected chi connectivity index (χ2v) is 8.78. The molecule has 0 aromatic carbocycles. The Kier molecular flexibility index (Phi) is 5.75. The number of aromatic nitrogens is 2. The van der Waals surface area contributed by atoms with Gasteiger partial charge in [-0.25, -0.2) is 13.1 Å². The molecule has 2 N–H and O–H groups in total. The maximum Gasteiger partial charge on any atom is 0.244 e. The first-order chi connectivity index (χ1) is 11.9. The van der Waals surface area contributed by atoms with Crippen molar-refractivity contribution in [2.75, 3.05) is 32.4 Å². The van der Waals surface area contributed by atoms with Crippen LogP contribution in [0.5, 0.6) is 0 Å². The molecule has 2 saturated heterocycles. The topological polar surface area (TPSA) is 96.3 Å². The monoisotopic (exact) mass is 369 g/mol. The average molecular weight is 369 g/mol. The van der Waals surface area contributed by atoms with E-state index in [1.165, 1.54) is 6.26 Å². The Morgan fingerprint density at radius 1 is 1.36 bits per heavy atom. The molecule has 0 saturated carbocycles. The van der Waals surface area contributed by atoms with E-state index in [0.717, 1.165) is 31.6 Å². The maximum atomic E-state index is 12.6. The molecular formula is C16H27N5O3S. The Bertz CT molecular complexity index is 688. The molecule has 2 aliphatic rings. The molecule has 3 rings (SSSR count). The second kappa shape index (κ2) is 7.84. The first-order valence-corrected chi connectivity index (χ1v) is 10.8. The van der Waals surface area contributed by atoms with Gasteiger partial charge in [-0.3, -0.25) is 9.48 Å². The van der Waals surface area contributed by atoms with Gasteiger partial charge in [0.2, 0.25) is 15.9 Å². The number of piperidine rings is 2. The van der Waals surface area contributed by atoms with Crippen molar-refractivity contribution in [3.63, 3.8) is 0 Å². The van der Waals surface area contributed by atoms with Crippen LogP contribution in [0.4, 0.5) is 0 Å². The van der Waals surface area contributed by atoms with E-state index in [1.807, 2.05) is 15.6 Å². The summed E-state index contributed by atoms with van der Waals surface area (Å²) in [6.07, 6.45) is 6.50. The standard InChI is InChI=1S/C16H27N5O3S/c1-25(23,24)19-14-5-9-20(10-6-14)16(22)12-21-15(4-8-18-21)13-3-2-7-17-11-13/h4,8,13-14,17,19H,2-3,5-7,9-12H2,1H3/t13-/m0/s1. The molecule has 3 heterocycles. The SMILES string of the molecule is CS(=O)(=O)NC1CCN(C(=O)Cn2nccc2[C@H]2CCCNC2)CC1. The lowest BCUT2D eigenvalue weighted by Gasteiger charge is -2.32. The summed E-state index contributed by atoms with van der Waals surface area (Å²) in [5.41, 5.74) is 1.12. The summed E-state index contributed by atoms with van der Waals surface area (Å²) in [4.78, 5) is 14.4. The Balaban J connectivity index is 1.54. The number of carbonyl (C=O) groups excluding carboxylic acids is 1. The number of amides is 1. The molecule has 0 aliphatic carbocycles. The van der Waals surface area contributed by atoms with Crippen LogP contribution in [-0.4, -0.2) is 67.5 Å². The number of likely N-dealkylation sites (tertiary alicyclic amines) is 1. The predicted octanol–water partition coefficient (Wildman–Crippen LogP) is -0.110. The molecule has 1 atom stereocenters. The molecule has 0 unspecified atom stereocenters. The van der Waals surface area contributed by atoms with Crippen molar-refractivity contribution in [3.8, 4) is 0 Å². The van der Waals surface area contributed by atoms with Gasteiger partial charge in [0.1, 0.15) is 6.54 Å². The van der Waals surface area contributed by atoms with Crippen LogP contribution in [0.3, 0.4) is 0 Å². The number of hydrogen-bond donors (Lipinski definition) is 2. The van der Waals surface area contributed by atoms with Gasteiger partial charge in [-0.1, -0.05) is 0 Å². The minimum atomic E-state index is -3.19. The van der Waals surface area contributed by atoms with E-state index < -0.39 is 10.0 Å². The second-order valence-electron chi connectivity index (χ2n) is 7.00. The van der Waals surface area contributed by atoms with Crippen molar-refractivity contribution in [2.45, 2.75) is 44.2 Å². The van der Waals surface area contributed by atoms with Crippen LogP contribution in [0, 0.1) is 0 Å². The number of nitrogens with zero attached hydrogens (tertiary/aromatic N) is 3. The maximum absolute atomic E-state index is 12.6. The van der Waals surface area contributed by atoms with Crippen molar-refractivity contribution < 1.29 is 13.2 Å². The summed E-state index contributed by atoms with van der Waals surface area (Å²) < 4.78 is 27.1. The fraction of sp³-hybridized carbons (Fsp3) is 0.750. The molecule has 1 aromatic rings. The predicted molar refractivity (Wildman–Crippen MR) is 94.7 cm³/mol. The first-order valence-electron chi connectivity index (χ1n) is 8.90. The lowest BCUT2D eigenvalue weighted by Crippen LogP contribution is -2.47. The molecule has 140 valence electrons. The molecular weight excluding hydrogens is 342 g/mol. The van der Waals surface area contributed by atoms with Gasteiger partial charge in [0.25, 0.3) is 0 Å². The fourth-order valence-corrected chi connectivity index (χ4v) is 4.54. The van der Waals surface area contributed by atoms with Crippen molar-refractivity contribution >= 4 is 15.9 Å². The van der Waals surface area contributed by atoms with Crippen molar-refractivity contribution in [2.24, 2.45) is 0 Å². The van der Waals surface area contributed by atoms with Crippen LogP contribution in [0.1, 0.15) is 37.3 Å². The summed E-state index contributed by atoms with van der Waals surface area (Å²) in [6.45, 7) is 3.40. The van der Waals surface area contributed by atoms with Crippen molar-refractivity contribution in [3.05, 3.63) is 18.0 Å². The highest BCUT2D eigenvalue weighted by atomic mass is 32.2. The minimum Gasteiger partial charge on any atom is -0.341 e. The number of sulfonamides is 1. The van der Waals surface area contributed by atoms with Crippen molar-refractivity contribution in [1.29, 1.82) is 0 Å². The summed E-state index contributed by atoms with van der Waals surface area (Å²) in [5.74, 6) is 0.459. The Hall–Kier alpha value is -1.45. The Morgan fingerprint density at radius 2 is 2.12 bits per heavy atom. The highest BCUT2D eigenvalue weighted by Crippen LogP contribution is 2.23. The van der Waals surface area contributed by atoms with E-state index in [4.69, 9.17) is 0 Å². The normalized spacial score (nSPS) is 22.9. The van der Waals surface area contributed by atoms with E-state index >= 15 is 0 Å². The lowest BCUT2D eigenvalue weighted by atomic mass is 9.96. The van der Waals surface area contributed by atoms with Crippen LogP contribution in [0.25, 0.3) is 0 Å². The summed E-state index contributed by atoms with van der Waals surface area (Å²) in [7, 11) is -3.19.